The fraction of sp³-hybridized carbons (Fsp3) is 0.800. The molecule has 1 atom stereocenters. The first-order valence-corrected chi connectivity index (χ1v) is 5.52. The monoisotopic (exact) mass is 211 g/mol. The van der Waals surface area contributed by atoms with Crippen LogP contribution in [-0.2, 0) is 4.79 Å². The van der Waals surface area contributed by atoms with E-state index < -0.39 is 5.54 Å². The molecule has 0 saturated carbocycles. The molecule has 0 aromatic rings. The number of nitrogens with zero attached hydrogens (tertiary/aromatic N) is 1. The van der Waals surface area contributed by atoms with E-state index in [1.54, 1.807) is 0 Å². The number of nitrogens with one attached hydrogen (secondary N) is 2. The lowest BCUT2D eigenvalue weighted by molar-refractivity contribution is -0.124. The van der Waals surface area contributed by atoms with Crippen molar-refractivity contribution in [2.45, 2.75) is 31.7 Å². The van der Waals surface area contributed by atoms with Crippen molar-refractivity contribution < 1.29 is 9.59 Å². The van der Waals surface area contributed by atoms with Crippen LogP contribution in [-0.4, -0.2) is 42.0 Å². The predicted octanol–water partition coefficient (Wildman–Crippen LogP) is 0.0704. The van der Waals surface area contributed by atoms with Crippen LogP contribution in [0.5, 0.6) is 0 Å². The fourth-order valence-electron chi connectivity index (χ4n) is 2.39. The molecule has 15 heavy (non-hydrogen) atoms. The van der Waals surface area contributed by atoms with Gasteiger partial charge in [0.2, 0.25) is 0 Å². The van der Waals surface area contributed by atoms with E-state index in [9.17, 15) is 9.59 Å². The van der Waals surface area contributed by atoms with E-state index in [4.69, 9.17) is 0 Å². The Kier molecular flexibility index (Phi) is 2.65. The fourth-order valence-corrected chi connectivity index (χ4v) is 2.39. The van der Waals surface area contributed by atoms with E-state index in [2.05, 4.69) is 22.5 Å². The number of imide groups is 1. The molecule has 2 heterocycles. The number of amides is 3. The Balaban J connectivity index is 2.09. The number of carbonyl (C=O) groups excluding carboxylic acids is 2. The maximum absolute atomic E-state index is 11.7. The predicted molar refractivity (Wildman–Crippen MR) is 55.4 cm³/mol. The minimum absolute atomic E-state index is 0.148. The van der Waals surface area contributed by atoms with Crippen molar-refractivity contribution in [3.05, 3.63) is 0 Å². The Morgan fingerprint density at radius 2 is 2.13 bits per heavy atom. The normalized spacial score (nSPS) is 32.6. The summed E-state index contributed by atoms with van der Waals surface area (Å²) in [7, 11) is 0. The van der Waals surface area contributed by atoms with E-state index >= 15 is 0 Å². The highest BCUT2D eigenvalue weighted by molar-refractivity contribution is 6.07. The molecule has 2 fully saturated rings. The van der Waals surface area contributed by atoms with Crippen LogP contribution in [0.15, 0.2) is 0 Å². The number of hydrogen-bond acceptors (Lipinski definition) is 3. The average molecular weight is 211 g/mol. The van der Waals surface area contributed by atoms with Gasteiger partial charge in [-0.2, -0.15) is 0 Å². The molecular formula is C10H17N3O2. The van der Waals surface area contributed by atoms with E-state index in [1.165, 1.54) is 0 Å². The molecule has 3 amide bonds. The lowest BCUT2D eigenvalue weighted by atomic mass is 9.91. The molecule has 0 bridgehead atoms. The van der Waals surface area contributed by atoms with Crippen LogP contribution < -0.4 is 10.6 Å². The molecule has 2 rings (SSSR count). The van der Waals surface area contributed by atoms with Crippen molar-refractivity contribution >= 4 is 11.9 Å². The van der Waals surface area contributed by atoms with E-state index in [1.807, 2.05) is 0 Å². The highest BCUT2D eigenvalue weighted by Gasteiger charge is 2.46. The summed E-state index contributed by atoms with van der Waals surface area (Å²) in [6.45, 7) is 5.02. The molecule has 0 aromatic heterocycles. The third-order valence-electron chi connectivity index (χ3n) is 3.39. The number of hydrogen-bond donors (Lipinski definition) is 2. The van der Waals surface area contributed by atoms with Crippen molar-refractivity contribution in [3.8, 4) is 0 Å². The molecule has 1 spiro atoms. The minimum Gasteiger partial charge on any atom is -0.323 e. The maximum atomic E-state index is 11.7. The van der Waals surface area contributed by atoms with Gasteiger partial charge in [0.25, 0.3) is 5.91 Å². The van der Waals surface area contributed by atoms with Crippen molar-refractivity contribution in [1.29, 1.82) is 0 Å². The highest BCUT2D eigenvalue weighted by atomic mass is 16.2. The summed E-state index contributed by atoms with van der Waals surface area (Å²) >= 11 is 0. The van der Waals surface area contributed by atoms with Gasteiger partial charge in [-0.25, -0.2) is 4.79 Å². The summed E-state index contributed by atoms with van der Waals surface area (Å²) < 4.78 is 0. The van der Waals surface area contributed by atoms with Crippen LogP contribution in [0.4, 0.5) is 4.79 Å². The molecule has 84 valence electrons. The van der Waals surface area contributed by atoms with Crippen LogP contribution in [0, 0.1) is 0 Å². The molecule has 1 unspecified atom stereocenters. The van der Waals surface area contributed by atoms with Gasteiger partial charge in [0.05, 0.1) is 0 Å². The third-order valence-corrected chi connectivity index (χ3v) is 3.39. The van der Waals surface area contributed by atoms with Gasteiger partial charge < -0.3 is 10.2 Å². The Bertz CT molecular complexity index is 292. The summed E-state index contributed by atoms with van der Waals surface area (Å²) in [5.74, 6) is -0.148. The number of urea groups is 1. The van der Waals surface area contributed by atoms with Crippen LogP contribution >= 0.6 is 0 Å². The first-order chi connectivity index (χ1) is 7.16. The molecule has 2 saturated heterocycles. The van der Waals surface area contributed by atoms with Gasteiger partial charge in [0, 0.05) is 6.54 Å². The zero-order chi connectivity index (χ0) is 10.9. The van der Waals surface area contributed by atoms with E-state index in [0.29, 0.717) is 0 Å². The van der Waals surface area contributed by atoms with Gasteiger partial charge in [0.1, 0.15) is 5.54 Å². The van der Waals surface area contributed by atoms with Gasteiger partial charge in [-0.1, -0.05) is 6.92 Å². The highest BCUT2D eigenvalue weighted by Crippen LogP contribution is 2.25. The van der Waals surface area contributed by atoms with Gasteiger partial charge in [-0.05, 0) is 32.4 Å². The van der Waals surface area contributed by atoms with Crippen molar-refractivity contribution in [3.63, 3.8) is 0 Å². The van der Waals surface area contributed by atoms with Gasteiger partial charge in [-0.15, -0.1) is 0 Å². The number of likely N-dealkylation sites (tertiary alicyclic amines) is 1. The standard InChI is InChI=1S/C10H17N3O2/c1-2-13-6-3-4-10(5-7-13)8(14)11-9(15)12-10/h2-7H2,1H3,(H2,11,12,14,15). The Hall–Kier alpha value is -1.10. The lowest BCUT2D eigenvalue weighted by Gasteiger charge is -2.24. The van der Waals surface area contributed by atoms with Gasteiger partial charge >= 0.3 is 6.03 Å². The minimum atomic E-state index is -0.624. The average Bonchev–Trinajstić information content (AvgIpc) is 2.39. The van der Waals surface area contributed by atoms with Crippen LogP contribution in [0.2, 0.25) is 0 Å². The quantitative estimate of drug-likeness (QED) is 0.603. The Morgan fingerprint density at radius 1 is 1.33 bits per heavy atom. The summed E-state index contributed by atoms with van der Waals surface area (Å²) in [6, 6.07) is -0.343. The largest absolute Gasteiger partial charge is 0.323 e. The Labute approximate surface area is 89.2 Å². The van der Waals surface area contributed by atoms with Crippen molar-refractivity contribution in [2.24, 2.45) is 0 Å². The molecule has 0 aromatic carbocycles. The van der Waals surface area contributed by atoms with E-state index in [0.717, 1.165) is 38.9 Å². The first kappa shape index (κ1) is 10.4. The lowest BCUT2D eigenvalue weighted by Crippen LogP contribution is -2.47. The second-order valence-electron chi connectivity index (χ2n) is 4.28. The molecule has 2 aliphatic heterocycles. The smallest absolute Gasteiger partial charge is 0.322 e. The molecule has 2 N–H and O–H groups in total. The Morgan fingerprint density at radius 3 is 2.73 bits per heavy atom. The van der Waals surface area contributed by atoms with Crippen LogP contribution in [0.25, 0.3) is 0 Å². The SMILES string of the molecule is CCN1CCCC2(CC1)NC(=O)NC2=O. The molecule has 5 heteroatoms. The first-order valence-electron chi connectivity index (χ1n) is 5.52. The zero-order valence-electron chi connectivity index (χ0n) is 9.01. The third kappa shape index (κ3) is 1.84. The second kappa shape index (κ2) is 3.81. The molecule has 0 aliphatic carbocycles. The number of rotatable bonds is 1. The summed E-state index contributed by atoms with van der Waals surface area (Å²) in [5.41, 5.74) is -0.624. The zero-order valence-corrected chi connectivity index (χ0v) is 9.01. The molecule has 2 aliphatic rings. The molecule has 5 nitrogen and oxygen atoms in total. The summed E-state index contributed by atoms with van der Waals surface area (Å²) in [4.78, 5) is 25.1. The molecular weight excluding hydrogens is 194 g/mol. The van der Waals surface area contributed by atoms with Crippen molar-refractivity contribution in [1.82, 2.24) is 15.5 Å². The molecule has 0 radical (unpaired) electrons. The summed E-state index contributed by atoms with van der Waals surface area (Å²) in [5, 5.41) is 5.11. The van der Waals surface area contributed by atoms with Crippen LogP contribution in [0.3, 0.4) is 0 Å². The number of carbonyl (C=O) groups is 2. The van der Waals surface area contributed by atoms with Crippen LogP contribution in [0.1, 0.15) is 26.2 Å². The summed E-state index contributed by atoms with van der Waals surface area (Å²) in [6.07, 6.45) is 2.43. The van der Waals surface area contributed by atoms with Crippen molar-refractivity contribution in [2.75, 3.05) is 19.6 Å². The topological polar surface area (TPSA) is 61.4 Å². The second-order valence-corrected chi connectivity index (χ2v) is 4.28. The maximum Gasteiger partial charge on any atom is 0.322 e. The van der Waals surface area contributed by atoms with Gasteiger partial charge in [-0.3, -0.25) is 10.1 Å². The van der Waals surface area contributed by atoms with Gasteiger partial charge in [0.15, 0.2) is 0 Å². The van der Waals surface area contributed by atoms with E-state index in [-0.39, 0.29) is 11.9 Å².